The molecule has 0 radical (unpaired) electrons. The molecule has 0 rings (SSSR count). The highest BCUT2D eigenvalue weighted by molar-refractivity contribution is 7.81. The smallest absolute Gasteiger partial charge is 0.264 e. The van der Waals surface area contributed by atoms with Gasteiger partial charge in [-0.1, -0.05) is 0 Å². The van der Waals surface area contributed by atoms with E-state index in [0.717, 1.165) is 0 Å². The normalized spacial score (nSPS) is 16.7. The highest BCUT2D eigenvalue weighted by Crippen LogP contribution is 2.13. The summed E-state index contributed by atoms with van der Waals surface area (Å²) in [5.74, 6) is 0. The van der Waals surface area contributed by atoms with Crippen molar-refractivity contribution in [1.29, 1.82) is 0 Å². The monoisotopic (exact) mass is 442 g/mol. The van der Waals surface area contributed by atoms with E-state index >= 15 is 0 Å². The molecule has 0 aliphatic heterocycles. The van der Waals surface area contributed by atoms with Gasteiger partial charge in [-0.05, 0) is 0 Å². The van der Waals surface area contributed by atoms with Crippen LogP contribution in [0.4, 0.5) is 0 Å². The fraction of sp³-hybridized carbons (Fsp3) is 1.00. The predicted octanol–water partition coefficient (Wildman–Crippen LogP) is -3.00. The van der Waals surface area contributed by atoms with E-state index in [9.17, 15) is 33.7 Å². The largest absolute Gasteiger partial charge is 0.397 e. The van der Waals surface area contributed by atoms with Crippen LogP contribution in [0.3, 0.4) is 0 Å². The molecule has 146 valence electrons. The molecule has 0 saturated carbocycles. The van der Waals surface area contributed by atoms with E-state index in [1.54, 1.807) is 0 Å². The summed E-state index contributed by atoms with van der Waals surface area (Å²) in [6.07, 6.45) is -4.99. The maximum Gasteiger partial charge on any atom is 0.397 e. The van der Waals surface area contributed by atoms with Crippen molar-refractivity contribution in [3.8, 4) is 0 Å². The second kappa shape index (κ2) is 8.24. The Bertz CT molecular complexity index is 743. The lowest BCUT2D eigenvalue weighted by molar-refractivity contribution is -0.00634. The molecule has 0 spiro atoms. The van der Waals surface area contributed by atoms with Crippen molar-refractivity contribution in [3.05, 3.63) is 0 Å². The van der Waals surface area contributed by atoms with Crippen LogP contribution < -0.4 is 0 Å². The standard InChI is InChI=1S/C4H10O16S4/c5-21(6,7)17-1-3(19-23(11,12)13)4(20-24(14,15)16)2-18-22(8,9)10/h3-4H,1-2H2,(H,5,6,7)(H,8,9,10)(H,11,12,13)(H,14,15,16)/t3-,4+. The van der Waals surface area contributed by atoms with E-state index < -0.39 is 67.0 Å². The van der Waals surface area contributed by atoms with E-state index in [4.69, 9.17) is 18.2 Å². The first-order valence-corrected chi connectivity index (χ1v) is 10.4. The average molecular weight is 442 g/mol. The van der Waals surface area contributed by atoms with E-state index in [1.807, 2.05) is 0 Å². The third-order valence-electron chi connectivity index (χ3n) is 1.67. The van der Waals surface area contributed by atoms with Crippen LogP contribution in [0.15, 0.2) is 0 Å². The second-order valence-corrected chi connectivity index (χ2v) is 7.83. The Kier molecular flexibility index (Phi) is 8.06. The van der Waals surface area contributed by atoms with Crippen LogP contribution in [0.2, 0.25) is 0 Å². The zero-order valence-electron chi connectivity index (χ0n) is 10.9. The van der Waals surface area contributed by atoms with E-state index in [-0.39, 0.29) is 0 Å². The fourth-order valence-corrected chi connectivity index (χ4v) is 2.61. The van der Waals surface area contributed by atoms with Crippen molar-refractivity contribution in [1.82, 2.24) is 0 Å². The van der Waals surface area contributed by atoms with E-state index in [2.05, 4.69) is 16.7 Å². The van der Waals surface area contributed by atoms with Gasteiger partial charge in [0.05, 0.1) is 13.2 Å². The average Bonchev–Trinajstić information content (AvgIpc) is 2.25. The molecule has 2 atom stereocenters. The van der Waals surface area contributed by atoms with Gasteiger partial charge in [0.1, 0.15) is 12.2 Å². The van der Waals surface area contributed by atoms with Crippen LogP contribution >= 0.6 is 0 Å². The van der Waals surface area contributed by atoms with Crippen molar-refractivity contribution < 1.29 is 68.6 Å². The molecule has 20 heteroatoms. The third kappa shape index (κ3) is 13.9. The molecule has 0 bridgehead atoms. The van der Waals surface area contributed by atoms with Gasteiger partial charge in [-0.15, -0.1) is 0 Å². The SMILES string of the molecule is O=S(=O)(O)OC[C@H](OS(=O)(=O)O)[C@@H](COS(=O)(=O)O)OS(=O)(=O)O. The minimum absolute atomic E-state index is 1.56. The van der Waals surface area contributed by atoms with Gasteiger partial charge in [-0.3, -0.25) is 18.2 Å². The van der Waals surface area contributed by atoms with Gasteiger partial charge in [0, 0.05) is 0 Å². The molecule has 0 amide bonds. The second-order valence-electron chi connectivity index (χ2n) is 3.55. The lowest BCUT2D eigenvalue weighted by Gasteiger charge is -2.22. The first-order chi connectivity index (χ1) is 10.4. The van der Waals surface area contributed by atoms with Crippen molar-refractivity contribution in [3.63, 3.8) is 0 Å². The summed E-state index contributed by atoms with van der Waals surface area (Å²) in [4.78, 5) is 0. The van der Waals surface area contributed by atoms with Gasteiger partial charge < -0.3 is 0 Å². The summed E-state index contributed by atoms with van der Waals surface area (Å²) in [5, 5.41) is 0. The third-order valence-corrected chi connectivity index (χ3v) is 3.52. The van der Waals surface area contributed by atoms with E-state index in [1.165, 1.54) is 0 Å². The first-order valence-electron chi connectivity index (χ1n) is 4.93. The number of hydrogen-bond acceptors (Lipinski definition) is 12. The molecule has 0 aliphatic rings. The molecule has 0 aliphatic carbocycles. The van der Waals surface area contributed by atoms with Gasteiger partial charge in [-0.25, -0.2) is 16.7 Å². The van der Waals surface area contributed by atoms with Crippen LogP contribution in [0, 0.1) is 0 Å². The van der Waals surface area contributed by atoms with Crippen LogP contribution in [0.5, 0.6) is 0 Å². The van der Waals surface area contributed by atoms with Crippen LogP contribution in [0.25, 0.3) is 0 Å². The maximum absolute atomic E-state index is 10.6. The van der Waals surface area contributed by atoms with Gasteiger partial charge in [0.2, 0.25) is 0 Å². The Morgan fingerprint density at radius 1 is 0.542 bits per heavy atom. The highest BCUT2D eigenvalue weighted by Gasteiger charge is 2.34. The molecule has 0 aromatic carbocycles. The maximum atomic E-state index is 10.6. The zero-order valence-corrected chi connectivity index (χ0v) is 14.2. The minimum atomic E-state index is -5.43. The minimum Gasteiger partial charge on any atom is -0.264 e. The molecular weight excluding hydrogens is 432 g/mol. The molecule has 0 fully saturated rings. The Hall–Kier alpha value is -0.520. The molecule has 16 nitrogen and oxygen atoms in total. The number of hydrogen-bond donors (Lipinski definition) is 4. The first kappa shape index (κ1) is 23.5. The van der Waals surface area contributed by atoms with Crippen molar-refractivity contribution >= 4 is 41.6 Å². The van der Waals surface area contributed by atoms with Crippen molar-refractivity contribution in [2.45, 2.75) is 12.2 Å². The summed E-state index contributed by atoms with van der Waals surface area (Å²) < 4.78 is 133. The summed E-state index contributed by atoms with van der Waals surface area (Å²) in [5.41, 5.74) is 0. The van der Waals surface area contributed by atoms with Gasteiger partial charge in [-0.2, -0.15) is 33.7 Å². The van der Waals surface area contributed by atoms with E-state index in [0.29, 0.717) is 0 Å². The Balaban J connectivity index is 5.57. The van der Waals surface area contributed by atoms with Gasteiger partial charge in [0.15, 0.2) is 0 Å². The summed E-state index contributed by atoms with van der Waals surface area (Å²) in [6, 6.07) is 0. The lowest BCUT2D eigenvalue weighted by Crippen LogP contribution is -2.42. The predicted molar refractivity (Wildman–Crippen MR) is 67.8 cm³/mol. The molecule has 0 aromatic rings. The van der Waals surface area contributed by atoms with Crippen LogP contribution in [-0.2, 0) is 58.3 Å². The van der Waals surface area contributed by atoms with Gasteiger partial charge >= 0.3 is 41.6 Å². The van der Waals surface area contributed by atoms with Crippen molar-refractivity contribution in [2.24, 2.45) is 0 Å². The Morgan fingerprint density at radius 2 is 0.792 bits per heavy atom. The molecule has 0 aromatic heterocycles. The lowest BCUT2D eigenvalue weighted by atomic mass is 10.2. The summed E-state index contributed by atoms with van der Waals surface area (Å²) in [7, 11) is -21.3. The molecule has 4 N–H and O–H groups in total. The highest BCUT2D eigenvalue weighted by atomic mass is 32.3. The Labute approximate surface area is 136 Å². The number of rotatable bonds is 11. The summed E-state index contributed by atoms with van der Waals surface area (Å²) in [6.45, 7) is -3.12. The van der Waals surface area contributed by atoms with Gasteiger partial charge in [0.25, 0.3) is 0 Å². The van der Waals surface area contributed by atoms with Crippen molar-refractivity contribution in [2.75, 3.05) is 13.2 Å². The molecule has 0 saturated heterocycles. The Morgan fingerprint density at radius 3 is 0.958 bits per heavy atom. The van der Waals surface area contributed by atoms with Crippen LogP contribution in [0.1, 0.15) is 0 Å². The molecule has 24 heavy (non-hydrogen) atoms. The van der Waals surface area contributed by atoms with Crippen LogP contribution in [-0.4, -0.2) is 77.3 Å². The fourth-order valence-electron chi connectivity index (χ4n) is 1.01. The summed E-state index contributed by atoms with van der Waals surface area (Å²) >= 11 is 0. The topological polar surface area (TPSA) is 254 Å². The molecular formula is C4H10O16S4. The molecule has 0 heterocycles. The quantitative estimate of drug-likeness (QED) is 0.232. The zero-order chi connectivity index (χ0) is 19.4. The molecule has 0 unspecified atom stereocenters.